The molecule has 0 spiro atoms. The predicted molar refractivity (Wildman–Crippen MR) is 99.9 cm³/mol. The quantitative estimate of drug-likeness (QED) is 0.524. The summed E-state index contributed by atoms with van der Waals surface area (Å²) < 4.78 is 14.0. The van der Waals surface area contributed by atoms with E-state index in [1.165, 1.54) is 6.07 Å². The molecule has 6 heteroatoms. The van der Waals surface area contributed by atoms with Crippen LogP contribution in [0.25, 0.3) is 21.9 Å². The number of halogens is 1. The number of carbonyl (C=O) groups excluding carboxylic acids is 1. The number of H-pyrrole nitrogens is 2. The van der Waals surface area contributed by atoms with Crippen LogP contribution in [0.5, 0.6) is 0 Å². The van der Waals surface area contributed by atoms with Gasteiger partial charge in [0.2, 0.25) is 0 Å². The molecule has 0 fully saturated rings. The van der Waals surface area contributed by atoms with E-state index in [-0.39, 0.29) is 11.7 Å². The summed E-state index contributed by atoms with van der Waals surface area (Å²) in [7, 11) is 0. The second-order valence-corrected chi connectivity index (χ2v) is 6.48. The van der Waals surface area contributed by atoms with Crippen LogP contribution < -0.4 is 5.32 Å². The van der Waals surface area contributed by atoms with Gasteiger partial charge in [-0.25, -0.2) is 9.37 Å². The minimum Gasteiger partial charge on any atom is -0.356 e. The zero-order valence-electron chi connectivity index (χ0n) is 14.6. The zero-order chi connectivity index (χ0) is 18.3. The third-order valence-electron chi connectivity index (χ3n) is 4.77. The molecular formula is C20H19FN4O. The number of nitrogens with one attached hydrogen (secondary N) is 3. The number of carbonyl (C=O) groups is 1. The lowest BCUT2D eigenvalue weighted by molar-refractivity contribution is 0.0954. The van der Waals surface area contributed by atoms with Crippen LogP contribution in [0, 0.1) is 19.7 Å². The Morgan fingerprint density at radius 1 is 1.23 bits per heavy atom. The normalized spacial score (nSPS) is 11.3. The van der Waals surface area contributed by atoms with E-state index in [0.29, 0.717) is 24.0 Å². The van der Waals surface area contributed by atoms with E-state index in [4.69, 9.17) is 0 Å². The highest BCUT2D eigenvalue weighted by molar-refractivity contribution is 5.97. The van der Waals surface area contributed by atoms with Crippen molar-refractivity contribution >= 4 is 27.8 Å². The Morgan fingerprint density at radius 3 is 2.92 bits per heavy atom. The van der Waals surface area contributed by atoms with Crippen LogP contribution in [0.3, 0.4) is 0 Å². The molecular weight excluding hydrogens is 331 g/mol. The molecule has 0 saturated carbocycles. The van der Waals surface area contributed by atoms with Crippen molar-refractivity contribution in [3.05, 3.63) is 64.9 Å². The fourth-order valence-electron chi connectivity index (χ4n) is 3.44. The summed E-state index contributed by atoms with van der Waals surface area (Å²) in [4.78, 5) is 22.7. The van der Waals surface area contributed by atoms with Gasteiger partial charge in [-0.05, 0) is 55.7 Å². The first-order chi connectivity index (χ1) is 12.5. The summed E-state index contributed by atoms with van der Waals surface area (Å²) in [5.41, 5.74) is 5.78. The molecule has 2 aromatic heterocycles. The van der Waals surface area contributed by atoms with Crippen molar-refractivity contribution < 1.29 is 9.18 Å². The lowest BCUT2D eigenvalue weighted by Crippen LogP contribution is -2.25. The first kappa shape index (κ1) is 16.3. The van der Waals surface area contributed by atoms with Crippen LogP contribution in [-0.2, 0) is 6.42 Å². The van der Waals surface area contributed by atoms with Gasteiger partial charge in [0, 0.05) is 23.2 Å². The molecule has 0 saturated heterocycles. The van der Waals surface area contributed by atoms with E-state index in [0.717, 1.165) is 33.2 Å². The highest BCUT2D eigenvalue weighted by atomic mass is 19.1. The largest absolute Gasteiger partial charge is 0.356 e. The minimum absolute atomic E-state index is 0.137. The lowest BCUT2D eigenvalue weighted by Gasteiger charge is -2.07. The van der Waals surface area contributed by atoms with Crippen molar-refractivity contribution in [3.63, 3.8) is 0 Å². The molecule has 1 amide bonds. The van der Waals surface area contributed by atoms with E-state index in [1.807, 2.05) is 19.9 Å². The van der Waals surface area contributed by atoms with Gasteiger partial charge in [0.1, 0.15) is 5.82 Å². The van der Waals surface area contributed by atoms with Crippen molar-refractivity contribution in [1.82, 2.24) is 20.3 Å². The second kappa shape index (κ2) is 6.29. The van der Waals surface area contributed by atoms with Gasteiger partial charge in [-0.3, -0.25) is 4.79 Å². The number of aromatic nitrogens is 3. The average molecular weight is 350 g/mol. The molecule has 132 valence electrons. The van der Waals surface area contributed by atoms with Crippen LogP contribution in [0.4, 0.5) is 4.39 Å². The molecule has 4 rings (SSSR count). The molecule has 5 nitrogen and oxygen atoms in total. The standard InChI is InChI=1S/C20H19FN4O/c1-11-3-5-15(21)19-18(11)14(12(2)25-19)7-8-22-20(26)13-4-6-16-17(9-13)24-10-23-16/h3-6,9-10,25H,7-8H2,1-2H3,(H,22,26)(H,23,24). The average Bonchev–Trinajstić information content (AvgIpc) is 3.22. The smallest absolute Gasteiger partial charge is 0.251 e. The molecule has 0 radical (unpaired) electrons. The third kappa shape index (κ3) is 2.73. The van der Waals surface area contributed by atoms with Gasteiger partial charge in [0.05, 0.1) is 22.9 Å². The number of aromatic amines is 2. The number of benzene rings is 2. The molecule has 0 bridgehead atoms. The maximum Gasteiger partial charge on any atom is 0.251 e. The van der Waals surface area contributed by atoms with E-state index in [9.17, 15) is 9.18 Å². The van der Waals surface area contributed by atoms with E-state index < -0.39 is 0 Å². The topological polar surface area (TPSA) is 73.6 Å². The van der Waals surface area contributed by atoms with Gasteiger partial charge in [-0.15, -0.1) is 0 Å². The first-order valence-corrected chi connectivity index (χ1v) is 8.52. The number of imidazole rings is 1. The van der Waals surface area contributed by atoms with Crippen LogP contribution >= 0.6 is 0 Å². The molecule has 2 heterocycles. The number of fused-ring (bicyclic) bond motifs is 2. The number of rotatable bonds is 4. The lowest BCUT2D eigenvalue weighted by atomic mass is 10.0. The molecule has 0 aliphatic carbocycles. The van der Waals surface area contributed by atoms with Crippen LogP contribution in [0.15, 0.2) is 36.7 Å². The number of nitrogens with zero attached hydrogens (tertiary/aromatic N) is 1. The molecule has 2 aromatic carbocycles. The summed E-state index contributed by atoms with van der Waals surface area (Å²) in [6, 6.07) is 8.62. The van der Waals surface area contributed by atoms with Gasteiger partial charge in [-0.1, -0.05) is 6.07 Å². The van der Waals surface area contributed by atoms with Gasteiger partial charge in [0.25, 0.3) is 5.91 Å². The summed E-state index contributed by atoms with van der Waals surface area (Å²) in [6.45, 7) is 4.38. The Morgan fingerprint density at radius 2 is 2.08 bits per heavy atom. The summed E-state index contributed by atoms with van der Waals surface area (Å²) in [6.07, 6.45) is 2.24. The molecule has 0 unspecified atom stereocenters. The maximum atomic E-state index is 14.0. The molecule has 3 N–H and O–H groups in total. The van der Waals surface area contributed by atoms with Crippen molar-refractivity contribution in [3.8, 4) is 0 Å². The van der Waals surface area contributed by atoms with E-state index in [1.54, 1.807) is 24.5 Å². The SMILES string of the molecule is Cc1[nH]c2c(F)ccc(C)c2c1CCNC(=O)c1ccc2nc[nH]c2c1. The van der Waals surface area contributed by atoms with Crippen molar-refractivity contribution in [1.29, 1.82) is 0 Å². The fourth-order valence-corrected chi connectivity index (χ4v) is 3.44. The van der Waals surface area contributed by atoms with Crippen LogP contribution in [0.1, 0.15) is 27.2 Å². The minimum atomic E-state index is -0.253. The predicted octanol–water partition coefficient (Wildman–Crippen LogP) is 3.77. The highest BCUT2D eigenvalue weighted by Gasteiger charge is 2.14. The molecule has 4 aromatic rings. The Hall–Kier alpha value is -3.15. The van der Waals surface area contributed by atoms with Crippen LogP contribution in [0.2, 0.25) is 0 Å². The number of hydrogen-bond donors (Lipinski definition) is 3. The Balaban J connectivity index is 1.51. The fraction of sp³-hybridized carbons (Fsp3) is 0.200. The van der Waals surface area contributed by atoms with Gasteiger partial charge >= 0.3 is 0 Å². The van der Waals surface area contributed by atoms with Crippen LogP contribution in [-0.4, -0.2) is 27.4 Å². The maximum absolute atomic E-state index is 14.0. The second-order valence-electron chi connectivity index (χ2n) is 6.48. The van der Waals surface area contributed by atoms with Gasteiger partial charge < -0.3 is 15.3 Å². The third-order valence-corrected chi connectivity index (χ3v) is 4.77. The zero-order valence-corrected chi connectivity index (χ0v) is 14.6. The molecule has 0 aliphatic rings. The van der Waals surface area contributed by atoms with Gasteiger partial charge in [0.15, 0.2) is 0 Å². The summed E-state index contributed by atoms with van der Waals surface area (Å²) in [5, 5.41) is 3.85. The Labute approximate surface area is 149 Å². The Kier molecular flexibility index (Phi) is 3.95. The van der Waals surface area contributed by atoms with Crippen molar-refractivity contribution in [2.45, 2.75) is 20.3 Å². The summed E-state index contributed by atoms with van der Waals surface area (Å²) in [5.74, 6) is -0.390. The van der Waals surface area contributed by atoms with Crippen molar-refractivity contribution in [2.24, 2.45) is 0 Å². The first-order valence-electron chi connectivity index (χ1n) is 8.52. The molecule has 0 aliphatic heterocycles. The number of aryl methyl sites for hydroxylation is 2. The van der Waals surface area contributed by atoms with E-state index in [2.05, 4.69) is 20.3 Å². The monoisotopic (exact) mass is 350 g/mol. The number of amides is 1. The molecule has 0 atom stereocenters. The summed E-state index contributed by atoms with van der Waals surface area (Å²) >= 11 is 0. The van der Waals surface area contributed by atoms with E-state index >= 15 is 0 Å². The van der Waals surface area contributed by atoms with Crippen molar-refractivity contribution in [2.75, 3.05) is 6.54 Å². The Bertz CT molecular complexity index is 1130. The molecule has 26 heavy (non-hydrogen) atoms. The van der Waals surface area contributed by atoms with Gasteiger partial charge in [-0.2, -0.15) is 0 Å². The number of hydrogen-bond acceptors (Lipinski definition) is 2. The highest BCUT2D eigenvalue weighted by Crippen LogP contribution is 2.27.